The van der Waals surface area contributed by atoms with E-state index in [1.54, 1.807) is 44.5 Å². The molecule has 0 fully saturated rings. The van der Waals surface area contributed by atoms with Gasteiger partial charge in [-0.15, -0.1) is 0 Å². The molecule has 0 radical (unpaired) electrons. The Labute approximate surface area is 314 Å². The molecule has 48 heavy (non-hydrogen) atoms. The molecule has 0 aromatic heterocycles. The first kappa shape index (κ1) is 37.1. The van der Waals surface area contributed by atoms with Crippen LogP contribution in [-0.2, 0) is 33.7 Å². The van der Waals surface area contributed by atoms with Crippen molar-refractivity contribution in [3.05, 3.63) is 129 Å². The van der Waals surface area contributed by atoms with E-state index in [2.05, 4.69) is 154 Å². The molecule has 4 aromatic rings. The minimum absolute atomic E-state index is 0. The summed E-state index contributed by atoms with van der Waals surface area (Å²) >= 11 is -1.27. The van der Waals surface area contributed by atoms with Gasteiger partial charge in [0, 0.05) is 0 Å². The summed E-state index contributed by atoms with van der Waals surface area (Å²) in [6, 6.07) is 33.5. The summed E-state index contributed by atoms with van der Waals surface area (Å²) in [6.07, 6.45) is 2.29. The Balaban J connectivity index is 0.00000225. The average molecular weight is 840 g/mol. The predicted molar refractivity (Wildman–Crippen MR) is 195 cm³/mol. The summed E-state index contributed by atoms with van der Waals surface area (Å²) in [5.41, 5.74) is 21.8. The monoisotopic (exact) mass is 840 g/mol. The molecule has 0 N–H and O–H groups in total. The third-order valence-electron chi connectivity index (χ3n) is 11.1. The molecule has 248 valence electrons. The molecule has 1 aliphatic heterocycles. The Morgan fingerprint density at radius 1 is 0.542 bits per heavy atom. The molecule has 3 heteroatoms. The molecule has 4 aromatic carbocycles. The summed E-state index contributed by atoms with van der Waals surface area (Å²) in [5, 5.41) is 0. The SMILES string of the molecule is CCC1=C2c3c(-c4ccc(C(C)(C)C)cc4)cccc3[CH]1[Hf+2][CH]1C(CC)=C(c3c(-c4ccc(C(C)(C)C)cc4)cccc31)C2(C)C.[Cl-].[Cl-]. The van der Waals surface area contributed by atoms with Gasteiger partial charge in [0.25, 0.3) is 0 Å². The number of rotatable bonds is 4. The van der Waals surface area contributed by atoms with Crippen molar-refractivity contribution >= 4 is 11.1 Å². The molecular formula is C45H50Cl2Hf. The zero-order valence-electron chi connectivity index (χ0n) is 30.4. The Morgan fingerprint density at radius 3 is 1.21 bits per heavy atom. The Hall–Kier alpha value is -2.19. The maximum Gasteiger partial charge on any atom is -1.00 e. The fourth-order valence-corrected chi connectivity index (χ4v) is 17.0. The van der Waals surface area contributed by atoms with E-state index in [1.165, 1.54) is 33.4 Å². The van der Waals surface area contributed by atoms with Gasteiger partial charge in [-0.25, -0.2) is 0 Å². The molecule has 1 heterocycles. The van der Waals surface area contributed by atoms with Gasteiger partial charge in [-0.05, 0) is 0 Å². The zero-order chi connectivity index (χ0) is 32.8. The van der Waals surface area contributed by atoms with Gasteiger partial charge in [0.1, 0.15) is 0 Å². The van der Waals surface area contributed by atoms with Crippen molar-refractivity contribution in [3.63, 3.8) is 0 Å². The van der Waals surface area contributed by atoms with Gasteiger partial charge in [-0.1, -0.05) is 0 Å². The van der Waals surface area contributed by atoms with Crippen molar-refractivity contribution in [2.75, 3.05) is 0 Å². The number of hydrogen-bond donors (Lipinski definition) is 0. The van der Waals surface area contributed by atoms with Crippen LogP contribution in [0.4, 0.5) is 0 Å². The molecule has 0 spiro atoms. The van der Waals surface area contributed by atoms with Gasteiger partial charge in [-0.2, -0.15) is 0 Å². The Morgan fingerprint density at radius 2 is 0.896 bits per heavy atom. The third kappa shape index (κ3) is 5.78. The van der Waals surface area contributed by atoms with Crippen molar-refractivity contribution in [3.8, 4) is 22.3 Å². The molecule has 2 aliphatic carbocycles. The summed E-state index contributed by atoms with van der Waals surface area (Å²) in [4.78, 5) is 0. The van der Waals surface area contributed by atoms with E-state index in [4.69, 9.17) is 0 Å². The molecule has 2 unspecified atom stereocenters. The number of fused-ring (bicyclic) bond motifs is 8. The van der Waals surface area contributed by atoms with Gasteiger partial charge >= 0.3 is 291 Å². The minimum Gasteiger partial charge on any atom is -1.00 e. The smallest absolute Gasteiger partial charge is 1.00 e. The molecule has 0 saturated heterocycles. The minimum atomic E-state index is -1.27. The quantitative estimate of drug-likeness (QED) is 0.197. The topological polar surface area (TPSA) is 0 Å². The van der Waals surface area contributed by atoms with Crippen LogP contribution in [-0.4, -0.2) is 0 Å². The molecule has 7 rings (SSSR count). The van der Waals surface area contributed by atoms with Gasteiger partial charge in [0.2, 0.25) is 0 Å². The number of benzene rings is 4. The van der Waals surface area contributed by atoms with Crippen LogP contribution >= 0.6 is 0 Å². The van der Waals surface area contributed by atoms with Gasteiger partial charge in [0.05, 0.1) is 0 Å². The number of hydrogen-bond acceptors (Lipinski definition) is 0. The maximum absolute atomic E-state index is 2.57. The van der Waals surface area contributed by atoms with Crippen LogP contribution < -0.4 is 24.8 Å². The van der Waals surface area contributed by atoms with Crippen LogP contribution in [0.5, 0.6) is 0 Å². The standard InChI is InChI=1S/C45H50.2ClH.Hf/c1-11-29-27-33-15-13-17-37(31-19-23-35(24-20-31)43(3,4)5)39(33)41(29)45(9,10)42-30(12-2)28-34-16-14-18-38(40(34)42)32-21-25-36(26-22-32)44(6,7)8;;;/h13-28H,11-12H2,1-10H3;2*1H;/q;;;+2/p-2. The number of halogens is 2. The molecular weight excluding hydrogens is 790 g/mol. The van der Waals surface area contributed by atoms with Crippen LogP contribution in [0.1, 0.15) is 123 Å². The van der Waals surface area contributed by atoms with E-state index in [-0.39, 0.29) is 41.1 Å². The second kappa shape index (κ2) is 13.2. The predicted octanol–water partition coefficient (Wildman–Crippen LogP) is 6.88. The fourth-order valence-electron chi connectivity index (χ4n) is 8.81. The second-order valence-electron chi connectivity index (χ2n) is 16.4. The van der Waals surface area contributed by atoms with Crippen LogP contribution in [0.25, 0.3) is 33.4 Å². The first-order chi connectivity index (χ1) is 21.8. The molecule has 0 amide bonds. The van der Waals surface area contributed by atoms with Crippen molar-refractivity contribution in [2.24, 2.45) is 5.41 Å². The molecule has 2 atom stereocenters. The Kier molecular flexibility index (Phi) is 10.2. The first-order valence-corrected chi connectivity index (χ1v) is 21.6. The van der Waals surface area contributed by atoms with Gasteiger partial charge in [-0.3, -0.25) is 0 Å². The maximum atomic E-state index is 2.57. The third-order valence-corrected chi connectivity index (χ3v) is 18.3. The Bertz CT molecular complexity index is 1770. The summed E-state index contributed by atoms with van der Waals surface area (Å²) < 4.78 is 1.30. The van der Waals surface area contributed by atoms with E-state index in [0.717, 1.165) is 12.8 Å². The molecule has 0 saturated carbocycles. The summed E-state index contributed by atoms with van der Waals surface area (Å²) in [5.74, 6) is 0. The van der Waals surface area contributed by atoms with Crippen LogP contribution in [0, 0.1) is 5.41 Å². The zero-order valence-corrected chi connectivity index (χ0v) is 35.5. The van der Waals surface area contributed by atoms with Gasteiger partial charge in [0.15, 0.2) is 0 Å². The van der Waals surface area contributed by atoms with E-state index in [9.17, 15) is 0 Å². The van der Waals surface area contributed by atoms with E-state index in [0.29, 0.717) is 7.35 Å². The van der Waals surface area contributed by atoms with Gasteiger partial charge < -0.3 is 24.8 Å². The molecule has 3 aliphatic rings. The van der Waals surface area contributed by atoms with Crippen molar-refractivity contribution < 1.29 is 47.7 Å². The summed E-state index contributed by atoms with van der Waals surface area (Å²) in [7, 11) is 0. The molecule has 4 bridgehead atoms. The van der Waals surface area contributed by atoms with Crippen LogP contribution in [0.2, 0.25) is 0 Å². The number of allylic oxidation sites excluding steroid dienone is 4. The van der Waals surface area contributed by atoms with E-state index in [1.807, 2.05) is 0 Å². The second-order valence-corrected chi connectivity index (χ2v) is 21.7. The summed E-state index contributed by atoms with van der Waals surface area (Å²) in [6.45, 7) is 23.9. The first-order valence-electron chi connectivity index (χ1n) is 17.5. The largest absolute Gasteiger partial charge is 1.00 e. The van der Waals surface area contributed by atoms with Crippen LogP contribution in [0.3, 0.4) is 0 Å². The average Bonchev–Trinajstić information content (AvgIpc) is 3.54. The van der Waals surface area contributed by atoms with Crippen molar-refractivity contribution in [1.82, 2.24) is 0 Å². The van der Waals surface area contributed by atoms with E-state index < -0.39 is 22.9 Å². The van der Waals surface area contributed by atoms with Crippen molar-refractivity contribution in [1.29, 1.82) is 0 Å². The van der Waals surface area contributed by atoms with Crippen molar-refractivity contribution in [2.45, 2.75) is 100 Å². The van der Waals surface area contributed by atoms with Crippen LogP contribution in [0.15, 0.2) is 96.1 Å². The van der Waals surface area contributed by atoms with E-state index >= 15 is 0 Å². The normalized spacial score (nSPS) is 18.9. The fraction of sp³-hybridized carbons (Fsp3) is 0.378. The molecule has 0 nitrogen and oxygen atoms in total.